The van der Waals surface area contributed by atoms with Crippen LogP contribution in [0.3, 0.4) is 0 Å². The van der Waals surface area contributed by atoms with E-state index in [0.29, 0.717) is 13.0 Å². The first-order chi connectivity index (χ1) is 14.2. The molecule has 29 heavy (non-hydrogen) atoms. The van der Waals surface area contributed by atoms with Gasteiger partial charge in [0.2, 0.25) is 0 Å². The zero-order valence-electron chi connectivity index (χ0n) is 16.3. The number of hydrogen-bond acceptors (Lipinski definition) is 6. The molecule has 0 radical (unpaired) electrons. The fraction of sp³-hybridized carbons (Fsp3) is 0.435. The maximum atomic E-state index is 12.6. The lowest BCUT2D eigenvalue weighted by Gasteiger charge is -2.37. The summed E-state index contributed by atoms with van der Waals surface area (Å²) in [5.74, 6) is -0.735. The Labute approximate surface area is 170 Å². The highest BCUT2D eigenvalue weighted by atomic mass is 16.7. The fourth-order valence-corrected chi connectivity index (χ4v) is 4.02. The summed E-state index contributed by atoms with van der Waals surface area (Å²) in [5, 5.41) is 10.5. The van der Waals surface area contributed by atoms with Crippen LogP contribution < -0.4 is 0 Å². The van der Waals surface area contributed by atoms with Crippen LogP contribution >= 0.6 is 0 Å². The maximum Gasteiger partial charge on any atom is 0.312 e. The van der Waals surface area contributed by atoms with Crippen LogP contribution in [0.4, 0.5) is 0 Å². The lowest BCUT2D eigenvalue weighted by atomic mass is 9.92. The molecule has 2 aromatic rings. The topological polar surface area (TPSA) is 74.2 Å². The molecule has 0 bridgehead atoms. The molecule has 2 fully saturated rings. The summed E-state index contributed by atoms with van der Waals surface area (Å²) < 4.78 is 23.3. The van der Waals surface area contributed by atoms with Crippen molar-refractivity contribution in [3.8, 4) is 0 Å². The smallest absolute Gasteiger partial charge is 0.312 e. The van der Waals surface area contributed by atoms with Crippen LogP contribution in [0.5, 0.6) is 0 Å². The first-order valence-electron chi connectivity index (χ1n) is 10.0. The molecular formula is C23H26O6. The van der Waals surface area contributed by atoms with Crippen LogP contribution in [0.15, 0.2) is 60.7 Å². The van der Waals surface area contributed by atoms with Crippen LogP contribution in [0.1, 0.15) is 36.9 Å². The summed E-state index contributed by atoms with van der Waals surface area (Å²) in [4.78, 5) is 12.6. The van der Waals surface area contributed by atoms with Gasteiger partial charge in [0.15, 0.2) is 6.29 Å². The minimum atomic E-state index is -0.836. The lowest BCUT2D eigenvalue weighted by Crippen LogP contribution is -2.47. The van der Waals surface area contributed by atoms with Gasteiger partial charge in [-0.05, 0) is 18.9 Å². The number of esters is 1. The van der Waals surface area contributed by atoms with E-state index in [4.69, 9.17) is 18.9 Å². The van der Waals surface area contributed by atoms with Crippen molar-refractivity contribution in [2.75, 3.05) is 13.2 Å². The van der Waals surface area contributed by atoms with Gasteiger partial charge in [0.05, 0.1) is 31.3 Å². The Bertz CT molecular complexity index is 796. The highest BCUT2D eigenvalue weighted by Gasteiger charge is 2.48. The van der Waals surface area contributed by atoms with Gasteiger partial charge in [-0.15, -0.1) is 0 Å². The van der Waals surface area contributed by atoms with Gasteiger partial charge in [0.1, 0.15) is 12.2 Å². The molecule has 6 atom stereocenters. The molecule has 6 nitrogen and oxygen atoms in total. The SMILES string of the molecule is CCOC(=O)C1C[C@H]([C@@H]2O[C@H](c3ccccc3)OC[C@H]2O)OC1c1ccccc1. The van der Waals surface area contributed by atoms with E-state index >= 15 is 0 Å². The van der Waals surface area contributed by atoms with E-state index < -0.39 is 36.6 Å². The number of ether oxygens (including phenoxy) is 4. The normalized spacial score (nSPS) is 32.1. The van der Waals surface area contributed by atoms with Crippen molar-refractivity contribution in [3.63, 3.8) is 0 Å². The summed E-state index contributed by atoms with van der Waals surface area (Å²) in [6, 6.07) is 19.2. The first-order valence-corrected chi connectivity index (χ1v) is 10.0. The van der Waals surface area contributed by atoms with E-state index in [1.165, 1.54) is 0 Å². The molecule has 6 heteroatoms. The quantitative estimate of drug-likeness (QED) is 0.780. The van der Waals surface area contributed by atoms with Gasteiger partial charge in [-0.1, -0.05) is 60.7 Å². The molecular weight excluding hydrogens is 372 g/mol. The van der Waals surface area contributed by atoms with Gasteiger partial charge in [-0.3, -0.25) is 4.79 Å². The van der Waals surface area contributed by atoms with E-state index in [0.717, 1.165) is 11.1 Å². The Balaban J connectivity index is 1.54. The average Bonchev–Trinajstić information content (AvgIpc) is 3.21. The molecule has 2 aromatic carbocycles. The standard InChI is InChI=1S/C23H26O6/c1-2-26-22(25)17-13-19(28-20(17)15-9-5-3-6-10-15)21-18(24)14-27-23(29-21)16-11-7-4-8-12-16/h3-12,17-21,23-24H,2,13-14H2,1H3/t17?,18-,19-,20?,21-,23-/m1/s1. The van der Waals surface area contributed by atoms with Gasteiger partial charge in [-0.2, -0.15) is 0 Å². The molecule has 4 rings (SSSR count). The van der Waals surface area contributed by atoms with E-state index in [-0.39, 0.29) is 12.6 Å². The molecule has 2 aliphatic heterocycles. The van der Waals surface area contributed by atoms with Crippen molar-refractivity contribution in [1.82, 2.24) is 0 Å². The third-order valence-corrected chi connectivity index (χ3v) is 5.41. The van der Waals surface area contributed by atoms with Crippen LogP contribution in [0.2, 0.25) is 0 Å². The second-order valence-corrected chi connectivity index (χ2v) is 7.34. The molecule has 1 N–H and O–H groups in total. The van der Waals surface area contributed by atoms with Crippen molar-refractivity contribution in [2.45, 2.75) is 44.1 Å². The summed E-state index contributed by atoms with van der Waals surface area (Å²) in [6.07, 6.45) is -2.47. The molecule has 0 aliphatic carbocycles. The van der Waals surface area contributed by atoms with E-state index in [1.807, 2.05) is 60.7 Å². The molecule has 0 saturated carbocycles. The number of benzene rings is 2. The summed E-state index contributed by atoms with van der Waals surface area (Å²) in [5.41, 5.74) is 1.79. The molecule has 0 spiro atoms. The second-order valence-electron chi connectivity index (χ2n) is 7.34. The van der Waals surface area contributed by atoms with Crippen LogP contribution in [0, 0.1) is 5.92 Å². The summed E-state index contributed by atoms with van der Waals surface area (Å²) >= 11 is 0. The van der Waals surface area contributed by atoms with Crippen LogP contribution in [0.25, 0.3) is 0 Å². The molecule has 0 amide bonds. The molecule has 2 unspecified atom stereocenters. The number of carbonyl (C=O) groups excluding carboxylic acids is 1. The average molecular weight is 398 g/mol. The number of aliphatic hydroxyl groups excluding tert-OH is 1. The third kappa shape index (κ3) is 4.36. The Morgan fingerprint density at radius 1 is 1.03 bits per heavy atom. The minimum Gasteiger partial charge on any atom is -0.466 e. The van der Waals surface area contributed by atoms with Crippen molar-refractivity contribution >= 4 is 5.97 Å². The molecule has 2 heterocycles. The van der Waals surface area contributed by atoms with E-state index in [2.05, 4.69) is 0 Å². The van der Waals surface area contributed by atoms with Gasteiger partial charge in [0, 0.05) is 5.56 Å². The van der Waals surface area contributed by atoms with Crippen molar-refractivity contribution < 1.29 is 28.8 Å². The highest BCUT2D eigenvalue weighted by molar-refractivity contribution is 5.74. The number of carbonyl (C=O) groups is 1. The predicted molar refractivity (Wildman–Crippen MR) is 105 cm³/mol. The molecule has 0 aromatic heterocycles. The highest BCUT2D eigenvalue weighted by Crippen LogP contribution is 2.42. The largest absolute Gasteiger partial charge is 0.466 e. The van der Waals surface area contributed by atoms with Gasteiger partial charge in [0.25, 0.3) is 0 Å². The van der Waals surface area contributed by atoms with E-state index in [1.54, 1.807) is 6.92 Å². The Hall–Kier alpha value is -2.25. The fourth-order valence-electron chi connectivity index (χ4n) is 4.02. The molecule has 154 valence electrons. The summed E-state index contributed by atoms with van der Waals surface area (Å²) in [7, 11) is 0. The summed E-state index contributed by atoms with van der Waals surface area (Å²) in [6.45, 7) is 2.25. The van der Waals surface area contributed by atoms with Gasteiger partial charge in [-0.25, -0.2) is 0 Å². The minimum absolute atomic E-state index is 0.143. The van der Waals surface area contributed by atoms with Gasteiger partial charge >= 0.3 is 5.97 Å². The molecule has 2 aliphatic rings. The lowest BCUT2D eigenvalue weighted by molar-refractivity contribution is -0.278. The predicted octanol–water partition coefficient (Wildman–Crippen LogP) is 3.17. The van der Waals surface area contributed by atoms with Crippen molar-refractivity contribution in [1.29, 1.82) is 0 Å². The zero-order valence-corrected chi connectivity index (χ0v) is 16.3. The van der Waals surface area contributed by atoms with Gasteiger partial charge < -0.3 is 24.1 Å². The maximum absolute atomic E-state index is 12.6. The van der Waals surface area contributed by atoms with E-state index in [9.17, 15) is 9.90 Å². The van der Waals surface area contributed by atoms with Crippen molar-refractivity contribution in [3.05, 3.63) is 71.8 Å². The Morgan fingerprint density at radius 2 is 1.69 bits per heavy atom. The Morgan fingerprint density at radius 3 is 2.34 bits per heavy atom. The second kappa shape index (κ2) is 9.05. The van der Waals surface area contributed by atoms with Crippen LogP contribution in [-0.4, -0.2) is 42.6 Å². The number of rotatable bonds is 5. The Kier molecular flexibility index (Phi) is 6.25. The third-order valence-electron chi connectivity index (χ3n) is 5.41. The molecule has 2 saturated heterocycles. The monoisotopic (exact) mass is 398 g/mol. The van der Waals surface area contributed by atoms with Crippen molar-refractivity contribution in [2.24, 2.45) is 5.92 Å². The first kappa shape index (κ1) is 20.0. The number of aliphatic hydroxyl groups is 1. The zero-order chi connectivity index (χ0) is 20.2. The van der Waals surface area contributed by atoms with Crippen LogP contribution in [-0.2, 0) is 23.7 Å². The number of hydrogen-bond donors (Lipinski definition) is 1.